The van der Waals surface area contributed by atoms with Crippen LogP contribution >= 0.6 is 11.6 Å². The summed E-state index contributed by atoms with van der Waals surface area (Å²) in [6, 6.07) is 4.42. The summed E-state index contributed by atoms with van der Waals surface area (Å²) in [6.07, 6.45) is 4.79. The van der Waals surface area contributed by atoms with Crippen molar-refractivity contribution in [1.29, 1.82) is 0 Å². The molecule has 2 atom stereocenters. The highest BCUT2D eigenvalue weighted by atomic mass is 35.5. The molecular weight excluding hydrogens is 392 g/mol. The lowest BCUT2D eigenvalue weighted by Gasteiger charge is -2.41. The van der Waals surface area contributed by atoms with Crippen LogP contribution in [0.5, 0.6) is 0 Å². The van der Waals surface area contributed by atoms with E-state index in [1.807, 2.05) is 0 Å². The first-order valence-electron chi connectivity index (χ1n) is 10.0. The second-order valence-electron chi connectivity index (χ2n) is 9.04. The largest absolute Gasteiger partial charge is 0.394 e. The number of hydrogen-bond donors (Lipinski definition) is 3. The minimum absolute atomic E-state index is 0.0311. The van der Waals surface area contributed by atoms with Gasteiger partial charge >= 0.3 is 0 Å². The number of aromatic nitrogens is 1. The van der Waals surface area contributed by atoms with Gasteiger partial charge in [0.05, 0.1) is 28.8 Å². The highest BCUT2D eigenvalue weighted by Crippen LogP contribution is 2.40. The Morgan fingerprint density at radius 2 is 2.00 bits per heavy atom. The Morgan fingerprint density at radius 1 is 1.28 bits per heavy atom. The first-order valence-corrected chi connectivity index (χ1v) is 10.4. The Labute approximate surface area is 175 Å². The highest BCUT2D eigenvalue weighted by Gasteiger charge is 2.38. The van der Waals surface area contributed by atoms with Crippen molar-refractivity contribution in [2.75, 3.05) is 13.2 Å². The average molecular weight is 421 g/mol. The molecule has 1 unspecified atom stereocenters. The predicted molar refractivity (Wildman–Crippen MR) is 115 cm³/mol. The highest BCUT2D eigenvalue weighted by molar-refractivity contribution is 6.35. The minimum Gasteiger partial charge on any atom is -0.394 e. The topological polar surface area (TPSA) is 91.6 Å². The first-order chi connectivity index (χ1) is 13.6. The number of benzene rings is 1. The van der Waals surface area contributed by atoms with E-state index >= 15 is 0 Å². The third kappa shape index (κ3) is 4.49. The summed E-state index contributed by atoms with van der Waals surface area (Å²) in [5.74, 6) is -0.412. The summed E-state index contributed by atoms with van der Waals surface area (Å²) >= 11 is 6.31. The van der Waals surface area contributed by atoms with E-state index in [1.165, 1.54) is 10.6 Å². The number of rotatable bonds is 5. The molecule has 1 aromatic carbocycles. The number of carbonyl (C=O) groups is 1. The van der Waals surface area contributed by atoms with Crippen molar-refractivity contribution in [2.45, 2.75) is 58.1 Å². The third-order valence-electron chi connectivity index (χ3n) is 5.91. The SMILES string of the molecule is CC(CO)n1ccc2c(C(=O)NC[C@@]3(O)CCCC(C)(C)C3)c(Cl)ccc2c1=O. The zero-order valence-electron chi connectivity index (χ0n) is 17.2. The van der Waals surface area contributed by atoms with Crippen LogP contribution < -0.4 is 10.9 Å². The molecule has 2 aromatic rings. The zero-order valence-corrected chi connectivity index (χ0v) is 17.9. The van der Waals surface area contributed by atoms with Gasteiger partial charge in [-0.25, -0.2) is 0 Å². The zero-order chi connectivity index (χ0) is 21.4. The van der Waals surface area contributed by atoms with Crippen LogP contribution in [0, 0.1) is 5.41 Å². The predicted octanol–water partition coefficient (Wildman–Crippen LogP) is 3.27. The number of fused-ring (bicyclic) bond motifs is 1. The number of aliphatic hydroxyl groups is 2. The summed E-state index contributed by atoms with van der Waals surface area (Å²) in [5, 5.41) is 24.2. The van der Waals surface area contributed by atoms with E-state index in [2.05, 4.69) is 19.2 Å². The molecule has 1 saturated carbocycles. The van der Waals surface area contributed by atoms with E-state index in [4.69, 9.17) is 11.6 Å². The lowest BCUT2D eigenvalue weighted by Crippen LogP contribution is -2.48. The van der Waals surface area contributed by atoms with Crippen LogP contribution in [0.15, 0.2) is 29.2 Å². The second-order valence-corrected chi connectivity index (χ2v) is 9.45. The Balaban J connectivity index is 1.91. The molecule has 1 aliphatic rings. The Kier molecular flexibility index (Phi) is 6.08. The van der Waals surface area contributed by atoms with E-state index in [0.717, 1.165) is 12.8 Å². The molecule has 1 heterocycles. The molecule has 0 bridgehead atoms. The van der Waals surface area contributed by atoms with Crippen molar-refractivity contribution >= 4 is 28.3 Å². The summed E-state index contributed by atoms with van der Waals surface area (Å²) in [5.41, 5.74) is -0.979. The van der Waals surface area contributed by atoms with Gasteiger partial charge in [0, 0.05) is 23.5 Å². The van der Waals surface area contributed by atoms with Crippen molar-refractivity contribution in [3.05, 3.63) is 45.3 Å². The van der Waals surface area contributed by atoms with Gasteiger partial charge < -0.3 is 20.1 Å². The van der Waals surface area contributed by atoms with Crippen molar-refractivity contribution in [3.8, 4) is 0 Å². The van der Waals surface area contributed by atoms with E-state index in [1.54, 1.807) is 25.3 Å². The van der Waals surface area contributed by atoms with Crippen LogP contribution in [0.1, 0.15) is 62.9 Å². The number of amides is 1. The maximum Gasteiger partial charge on any atom is 0.258 e. The quantitative estimate of drug-likeness (QED) is 0.692. The Bertz CT molecular complexity index is 985. The fourth-order valence-electron chi connectivity index (χ4n) is 4.43. The van der Waals surface area contributed by atoms with Crippen molar-refractivity contribution in [2.24, 2.45) is 5.41 Å². The van der Waals surface area contributed by atoms with Crippen LogP contribution in [-0.2, 0) is 0 Å². The Morgan fingerprint density at radius 3 is 2.66 bits per heavy atom. The number of nitrogens with zero attached hydrogens (tertiary/aromatic N) is 1. The van der Waals surface area contributed by atoms with Gasteiger partial charge in [-0.2, -0.15) is 0 Å². The molecule has 158 valence electrons. The van der Waals surface area contributed by atoms with E-state index < -0.39 is 11.5 Å². The summed E-state index contributed by atoms with van der Waals surface area (Å²) in [7, 11) is 0. The molecule has 0 spiro atoms. The molecule has 1 aromatic heterocycles. The standard InChI is InChI=1S/C22H29ClN2O4/c1-14(11-26)25-10-7-15-16(20(25)28)5-6-17(23)18(15)19(27)24-13-22(29)9-4-8-21(2,3)12-22/h5-7,10,14,26,29H,4,8-9,11-13H2,1-3H3,(H,24,27)/t14?,22-/m1/s1. The van der Waals surface area contributed by atoms with Gasteiger partial charge in [0.1, 0.15) is 0 Å². The van der Waals surface area contributed by atoms with E-state index in [0.29, 0.717) is 23.6 Å². The molecule has 0 saturated heterocycles. The molecule has 1 fully saturated rings. The molecule has 1 amide bonds. The molecular formula is C22H29ClN2O4. The van der Waals surface area contributed by atoms with Crippen LogP contribution in [0.25, 0.3) is 10.8 Å². The maximum absolute atomic E-state index is 13.0. The fourth-order valence-corrected chi connectivity index (χ4v) is 4.68. The average Bonchev–Trinajstić information content (AvgIpc) is 2.65. The van der Waals surface area contributed by atoms with Gasteiger partial charge in [0.15, 0.2) is 0 Å². The smallest absolute Gasteiger partial charge is 0.258 e. The monoisotopic (exact) mass is 420 g/mol. The summed E-state index contributed by atoms with van der Waals surface area (Å²) in [4.78, 5) is 25.7. The number of halogens is 1. The molecule has 3 N–H and O–H groups in total. The van der Waals surface area contributed by atoms with Gasteiger partial charge in [0.25, 0.3) is 11.5 Å². The number of carbonyl (C=O) groups excluding carboxylic acids is 1. The van der Waals surface area contributed by atoms with Gasteiger partial charge in [-0.3, -0.25) is 9.59 Å². The number of nitrogens with one attached hydrogen (secondary N) is 1. The molecule has 0 aliphatic heterocycles. The second kappa shape index (κ2) is 8.09. The number of pyridine rings is 1. The Hall–Kier alpha value is -1.89. The van der Waals surface area contributed by atoms with Crippen LogP contribution in [0.2, 0.25) is 5.02 Å². The number of aliphatic hydroxyl groups excluding tert-OH is 1. The van der Waals surface area contributed by atoms with E-state index in [-0.39, 0.29) is 40.8 Å². The molecule has 3 rings (SSSR count). The molecule has 7 heteroatoms. The minimum atomic E-state index is -0.947. The lowest BCUT2D eigenvalue weighted by atomic mass is 9.70. The van der Waals surface area contributed by atoms with Crippen LogP contribution in [-0.4, -0.2) is 39.4 Å². The molecule has 6 nitrogen and oxygen atoms in total. The van der Waals surface area contributed by atoms with Crippen molar-refractivity contribution < 1.29 is 15.0 Å². The first kappa shape index (κ1) is 21.8. The third-order valence-corrected chi connectivity index (χ3v) is 6.22. The molecule has 29 heavy (non-hydrogen) atoms. The van der Waals surface area contributed by atoms with Crippen molar-refractivity contribution in [1.82, 2.24) is 9.88 Å². The normalized spacial score (nSPS) is 22.4. The fraction of sp³-hybridized carbons (Fsp3) is 0.545. The maximum atomic E-state index is 13.0. The van der Waals surface area contributed by atoms with Gasteiger partial charge in [-0.05, 0) is 56.2 Å². The number of hydrogen-bond acceptors (Lipinski definition) is 4. The molecule has 0 radical (unpaired) electrons. The van der Waals surface area contributed by atoms with Crippen LogP contribution in [0.3, 0.4) is 0 Å². The van der Waals surface area contributed by atoms with Gasteiger partial charge in [-0.1, -0.05) is 25.4 Å². The lowest BCUT2D eigenvalue weighted by molar-refractivity contribution is -0.0361. The van der Waals surface area contributed by atoms with Gasteiger partial charge in [-0.15, -0.1) is 0 Å². The summed E-state index contributed by atoms with van der Waals surface area (Å²) < 4.78 is 1.44. The van der Waals surface area contributed by atoms with Crippen molar-refractivity contribution in [3.63, 3.8) is 0 Å². The van der Waals surface area contributed by atoms with Crippen LogP contribution in [0.4, 0.5) is 0 Å². The molecule has 1 aliphatic carbocycles. The summed E-state index contributed by atoms with van der Waals surface area (Å²) in [6.45, 7) is 5.96. The van der Waals surface area contributed by atoms with Gasteiger partial charge in [0.2, 0.25) is 0 Å². The van der Waals surface area contributed by atoms with E-state index in [9.17, 15) is 19.8 Å².